The van der Waals surface area contributed by atoms with Crippen molar-refractivity contribution >= 4 is 16.7 Å². The predicted octanol–water partition coefficient (Wildman–Crippen LogP) is 4.65. The number of alkyl halides is 3. The fourth-order valence-corrected chi connectivity index (χ4v) is 2.70. The molecule has 0 bridgehead atoms. The molecule has 1 aromatic heterocycles. The molecule has 0 aliphatic carbocycles. The van der Waals surface area contributed by atoms with Crippen LogP contribution in [-0.4, -0.2) is 23.6 Å². The molecule has 0 spiro atoms. The van der Waals surface area contributed by atoms with Gasteiger partial charge in [0, 0.05) is 31.0 Å². The van der Waals surface area contributed by atoms with E-state index in [0.717, 1.165) is 23.3 Å². The van der Waals surface area contributed by atoms with Crippen molar-refractivity contribution in [3.05, 3.63) is 65.5 Å². The van der Waals surface area contributed by atoms with E-state index in [1.807, 2.05) is 24.3 Å². The number of hydrogen-bond donors (Lipinski definition) is 1. The lowest BCUT2D eigenvalue weighted by molar-refractivity contribution is -0.137. The number of ether oxygens (including phenoxy) is 1. The summed E-state index contributed by atoms with van der Waals surface area (Å²) in [4.78, 5) is 8.06. The zero-order valence-corrected chi connectivity index (χ0v) is 15.2. The van der Waals surface area contributed by atoms with E-state index in [1.165, 1.54) is 12.4 Å². The first kappa shape index (κ1) is 19.6. The highest BCUT2D eigenvalue weighted by Gasteiger charge is 2.30. The average Bonchev–Trinajstić information content (AvgIpc) is 2.68. The van der Waals surface area contributed by atoms with Gasteiger partial charge in [-0.1, -0.05) is 30.0 Å². The Kier molecular flexibility index (Phi) is 6.12. The zero-order valence-electron chi connectivity index (χ0n) is 15.2. The Balaban J connectivity index is 1.67. The molecule has 0 unspecified atom stereocenters. The highest BCUT2D eigenvalue weighted by atomic mass is 19.4. The SMILES string of the molecule is COCc1ccccc1C#CCCNc1ncnc2cc(C(F)(F)F)ccc12. The molecule has 0 saturated heterocycles. The summed E-state index contributed by atoms with van der Waals surface area (Å²) in [5.74, 6) is 6.69. The summed E-state index contributed by atoms with van der Waals surface area (Å²) in [6.07, 6.45) is -2.60. The van der Waals surface area contributed by atoms with E-state index >= 15 is 0 Å². The van der Waals surface area contributed by atoms with Crippen LogP contribution < -0.4 is 5.32 Å². The topological polar surface area (TPSA) is 47.0 Å². The van der Waals surface area contributed by atoms with Crippen molar-refractivity contribution in [3.63, 3.8) is 0 Å². The third-order valence-corrected chi connectivity index (χ3v) is 4.05. The van der Waals surface area contributed by atoms with Gasteiger partial charge >= 0.3 is 6.18 Å². The van der Waals surface area contributed by atoms with Crippen LogP contribution in [0.1, 0.15) is 23.1 Å². The van der Waals surface area contributed by atoms with Crippen LogP contribution in [0.15, 0.2) is 48.8 Å². The molecule has 1 heterocycles. The monoisotopic (exact) mass is 385 g/mol. The van der Waals surface area contributed by atoms with Crippen LogP contribution in [0.25, 0.3) is 10.9 Å². The lowest BCUT2D eigenvalue weighted by atomic mass is 10.1. The van der Waals surface area contributed by atoms with Crippen LogP contribution in [0, 0.1) is 11.8 Å². The number of methoxy groups -OCH3 is 1. The van der Waals surface area contributed by atoms with E-state index in [2.05, 4.69) is 27.1 Å². The van der Waals surface area contributed by atoms with Crippen molar-refractivity contribution in [2.75, 3.05) is 19.0 Å². The van der Waals surface area contributed by atoms with Crippen LogP contribution >= 0.6 is 0 Å². The molecule has 28 heavy (non-hydrogen) atoms. The van der Waals surface area contributed by atoms with Crippen LogP contribution in [0.4, 0.5) is 19.0 Å². The van der Waals surface area contributed by atoms with Gasteiger partial charge in [0.05, 0.1) is 17.7 Å². The van der Waals surface area contributed by atoms with Gasteiger partial charge in [-0.15, -0.1) is 0 Å². The second-order valence-corrected chi connectivity index (χ2v) is 6.02. The predicted molar refractivity (Wildman–Crippen MR) is 102 cm³/mol. The van der Waals surface area contributed by atoms with E-state index in [-0.39, 0.29) is 5.52 Å². The molecule has 0 aliphatic rings. The van der Waals surface area contributed by atoms with Gasteiger partial charge < -0.3 is 10.1 Å². The molecular formula is C21H18F3N3O. The summed E-state index contributed by atoms with van der Waals surface area (Å²) in [6.45, 7) is 1.00. The van der Waals surface area contributed by atoms with E-state index in [0.29, 0.717) is 30.8 Å². The number of aromatic nitrogens is 2. The summed E-state index contributed by atoms with van der Waals surface area (Å²) in [5.41, 5.74) is 1.45. The van der Waals surface area contributed by atoms with E-state index in [4.69, 9.17) is 4.74 Å². The van der Waals surface area contributed by atoms with Gasteiger partial charge in [-0.3, -0.25) is 0 Å². The Morgan fingerprint density at radius 2 is 1.93 bits per heavy atom. The van der Waals surface area contributed by atoms with Crippen molar-refractivity contribution < 1.29 is 17.9 Å². The number of benzene rings is 2. The van der Waals surface area contributed by atoms with Crippen LogP contribution in [0.2, 0.25) is 0 Å². The molecule has 0 fully saturated rings. The van der Waals surface area contributed by atoms with E-state index in [1.54, 1.807) is 7.11 Å². The Hall–Kier alpha value is -3.11. The van der Waals surface area contributed by atoms with Gasteiger partial charge in [-0.25, -0.2) is 9.97 Å². The number of rotatable bonds is 5. The largest absolute Gasteiger partial charge is 0.416 e. The number of halogens is 3. The maximum atomic E-state index is 12.8. The molecule has 0 saturated carbocycles. The van der Waals surface area contributed by atoms with Gasteiger partial charge in [0.2, 0.25) is 0 Å². The van der Waals surface area contributed by atoms with Crippen molar-refractivity contribution in [2.45, 2.75) is 19.2 Å². The first-order valence-electron chi connectivity index (χ1n) is 8.60. The number of nitrogens with one attached hydrogen (secondary N) is 1. The fraction of sp³-hybridized carbons (Fsp3) is 0.238. The van der Waals surface area contributed by atoms with Gasteiger partial charge in [0.25, 0.3) is 0 Å². The average molecular weight is 385 g/mol. The third-order valence-electron chi connectivity index (χ3n) is 4.05. The number of fused-ring (bicyclic) bond motifs is 1. The minimum absolute atomic E-state index is 0.243. The molecule has 144 valence electrons. The highest BCUT2D eigenvalue weighted by Crippen LogP contribution is 2.32. The minimum Gasteiger partial charge on any atom is -0.380 e. The molecular weight excluding hydrogens is 367 g/mol. The summed E-state index contributed by atoms with van der Waals surface area (Å²) in [6, 6.07) is 11.2. The Labute approximate surface area is 160 Å². The molecule has 7 heteroatoms. The highest BCUT2D eigenvalue weighted by molar-refractivity contribution is 5.89. The number of anilines is 1. The molecule has 0 radical (unpaired) electrons. The summed E-state index contributed by atoms with van der Waals surface area (Å²) < 4.78 is 43.7. The van der Waals surface area contributed by atoms with E-state index in [9.17, 15) is 13.2 Å². The van der Waals surface area contributed by atoms with Gasteiger partial charge in [-0.05, 0) is 29.8 Å². The summed E-state index contributed by atoms with van der Waals surface area (Å²) >= 11 is 0. The smallest absolute Gasteiger partial charge is 0.380 e. The standard InChI is InChI=1S/C21H18F3N3O/c1-28-13-16-8-3-2-6-15(16)7-4-5-11-25-20-18-10-9-17(21(22,23)24)12-19(18)26-14-27-20/h2-3,6,8-10,12,14H,5,11,13H2,1H3,(H,25,26,27). The lowest BCUT2D eigenvalue weighted by Crippen LogP contribution is -2.06. The molecule has 3 rings (SSSR count). The van der Waals surface area contributed by atoms with Crippen molar-refractivity contribution in [2.24, 2.45) is 0 Å². The van der Waals surface area contributed by atoms with Crippen LogP contribution in [0.3, 0.4) is 0 Å². The maximum Gasteiger partial charge on any atom is 0.416 e. The normalized spacial score (nSPS) is 11.1. The van der Waals surface area contributed by atoms with Gasteiger partial charge in [0.15, 0.2) is 0 Å². The first-order chi connectivity index (χ1) is 13.5. The van der Waals surface area contributed by atoms with Gasteiger partial charge in [-0.2, -0.15) is 13.2 Å². The second kappa shape index (κ2) is 8.72. The second-order valence-electron chi connectivity index (χ2n) is 6.02. The Morgan fingerprint density at radius 3 is 2.71 bits per heavy atom. The minimum atomic E-state index is -4.40. The molecule has 0 atom stereocenters. The molecule has 0 aliphatic heterocycles. The summed E-state index contributed by atoms with van der Waals surface area (Å²) in [7, 11) is 1.64. The van der Waals surface area contributed by atoms with Crippen molar-refractivity contribution in [3.8, 4) is 11.8 Å². The first-order valence-corrected chi connectivity index (χ1v) is 8.60. The molecule has 1 N–H and O–H groups in total. The van der Waals surface area contributed by atoms with Crippen molar-refractivity contribution in [1.82, 2.24) is 9.97 Å². The van der Waals surface area contributed by atoms with Crippen molar-refractivity contribution in [1.29, 1.82) is 0 Å². The zero-order chi connectivity index (χ0) is 20.0. The Bertz CT molecular complexity index is 1020. The quantitative estimate of drug-likeness (QED) is 0.513. The molecule has 0 amide bonds. The molecule has 4 nitrogen and oxygen atoms in total. The summed E-state index contributed by atoms with van der Waals surface area (Å²) in [5, 5.41) is 3.65. The number of hydrogen-bond acceptors (Lipinski definition) is 4. The maximum absolute atomic E-state index is 12.8. The fourth-order valence-electron chi connectivity index (χ4n) is 2.70. The molecule has 3 aromatic rings. The van der Waals surface area contributed by atoms with Gasteiger partial charge in [0.1, 0.15) is 12.1 Å². The molecule has 2 aromatic carbocycles. The lowest BCUT2D eigenvalue weighted by Gasteiger charge is -2.10. The third kappa shape index (κ3) is 4.78. The van der Waals surface area contributed by atoms with Crippen LogP contribution in [0.5, 0.6) is 0 Å². The van der Waals surface area contributed by atoms with Crippen LogP contribution in [-0.2, 0) is 17.5 Å². The van der Waals surface area contributed by atoms with E-state index < -0.39 is 11.7 Å². The Morgan fingerprint density at radius 1 is 1.11 bits per heavy atom. The number of nitrogens with zero attached hydrogens (tertiary/aromatic N) is 2.